The molecule has 0 aliphatic rings. The van der Waals surface area contributed by atoms with Crippen LogP contribution in [-0.2, 0) is 0 Å². The molecule has 6 heteroatoms. The summed E-state index contributed by atoms with van der Waals surface area (Å²) in [7, 11) is 0. The molecule has 4 rings (SSSR count). The summed E-state index contributed by atoms with van der Waals surface area (Å²) < 4.78 is 5.73. The number of urea groups is 1. The van der Waals surface area contributed by atoms with Gasteiger partial charge in [-0.25, -0.2) is 9.78 Å². The summed E-state index contributed by atoms with van der Waals surface area (Å²) in [5, 5.41) is 5.55. The number of hydrogen-bond donors (Lipinski definition) is 2. The summed E-state index contributed by atoms with van der Waals surface area (Å²) >= 11 is 0. The van der Waals surface area contributed by atoms with E-state index in [0.717, 1.165) is 11.3 Å². The minimum atomic E-state index is -0.318. The van der Waals surface area contributed by atoms with Gasteiger partial charge in [0.15, 0.2) is 5.58 Å². The van der Waals surface area contributed by atoms with Gasteiger partial charge in [0.25, 0.3) is 0 Å². The zero-order valence-corrected chi connectivity index (χ0v) is 13.1. The van der Waals surface area contributed by atoms with Crippen LogP contribution in [0.2, 0.25) is 0 Å². The van der Waals surface area contributed by atoms with Crippen molar-refractivity contribution in [3.05, 3.63) is 73.1 Å². The maximum absolute atomic E-state index is 12.1. The van der Waals surface area contributed by atoms with Gasteiger partial charge in [0, 0.05) is 23.8 Å². The van der Waals surface area contributed by atoms with Crippen molar-refractivity contribution in [1.29, 1.82) is 0 Å². The molecule has 0 bridgehead atoms. The smallest absolute Gasteiger partial charge is 0.323 e. The second-order valence-corrected chi connectivity index (χ2v) is 5.39. The Balaban J connectivity index is 1.54. The molecule has 0 aliphatic heterocycles. The molecule has 122 valence electrons. The van der Waals surface area contributed by atoms with Gasteiger partial charge in [-0.2, -0.15) is 0 Å². The number of rotatable bonds is 3. The highest BCUT2D eigenvalue weighted by atomic mass is 16.3. The van der Waals surface area contributed by atoms with Crippen molar-refractivity contribution >= 4 is 28.5 Å². The van der Waals surface area contributed by atoms with Crippen LogP contribution in [0.4, 0.5) is 16.2 Å². The van der Waals surface area contributed by atoms with E-state index in [2.05, 4.69) is 20.6 Å². The molecule has 0 atom stereocenters. The summed E-state index contributed by atoms with van der Waals surface area (Å²) in [4.78, 5) is 20.6. The van der Waals surface area contributed by atoms with Crippen LogP contribution in [0, 0.1) is 0 Å². The number of carbonyl (C=O) groups is 1. The van der Waals surface area contributed by atoms with Crippen LogP contribution in [0.15, 0.2) is 77.5 Å². The number of benzene rings is 2. The van der Waals surface area contributed by atoms with E-state index in [1.165, 1.54) is 0 Å². The van der Waals surface area contributed by atoms with Gasteiger partial charge in [0.1, 0.15) is 5.52 Å². The molecule has 0 saturated heterocycles. The van der Waals surface area contributed by atoms with Gasteiger partial charge in [-0.1, -0.05) is 18.2 Å². The molecule has 0 spiro atoms. The van der Waals surface area contributed by atoms with Crippen molar-refractivity contribution in [1.82, 2.24) is 9.97 Å². The molecule has 0 radical (unpaired) electrons. The van der Waals surface area contributed by atoms with Crippen LogP contribution in [-0.4, -0.2) is 16.0 Å². The first-order chi connectivity index (χ1) is 12.3. The molecule has 2 aromatic carbocycles. The van der Waals surface area contributed by atoms with E-state index in [9.17, 15) is 4.79 Å². The zero-order chi connectivity index (χ0) is 17.1. The third-order valence-electron chi connectivity index (χ3n) is 3.59. The standard InChI is InChI=1S/C19H14N4O2/c24-19(21-14-6-2-1-3-7-14)22-15-8-9-17-16(11-15)23-18(25-17)13-5-4-10-20-12-13/h1-12H,(H2,21,22,24). The highest BCUT2D eigenvalue weighted by molar-refractivity contribution is 6.00. The lowest BCUT2D eigenvalue weighted by molar-refractivity contribution is 0.262. The minimum absolute atomic E-state index is 0.318. The Morgan fingerprint density at radius 2 is 1.76 bits per heavy atom. The maximum Gasteiger partial charge on any atom is 0.323 e. The third kappa shape index (κ3) is 3.32. The Bertz CT molecular complexity index is 1010. The van der Waals surface area contributed by atoms with Crippen molar-refractivity contribution in [3.63, 3.8) is 0 Å². The Kier molecular flexibility index (Phi) is 3.84. The SMILES string of the molecule is O=C(Nc1ccccc1)Nc1ccc2oc(-c3cccnc3)nc2c1. The maximum atomic E-state index is 12.1. The molecular weight excluding hydrogens is 316 g/mol. The van der Waals surface area contributed by atoms with E-state index in [0.29, 0.717) is 22.7 Å². The van der Waals surface area contributed by atoms with E-state index in [1.54, 1.807) is 30.6 Å². The van der Waals surface area contributed by atoms with Crippen molar-refractivity contribution < 1.29 is 9.21 Å². The lowest BCUT2D eigenvalue weighted by Gasteiger charge is -2.07. The van der Waals surface area contributed by atoms with Gasteiger partial charge < -0.3 is 15.1 Å². The lowest BCUT2D eigenvalue weighted by Crippen LogP contribution is -2.19. The normalized spacial score (nSPS) is 10.6. The second kappa shape index (κ2) is 6.45. The number of oxazole rings is 1. The number of carbonyl (C=O) groups excluding carboxylic acids is 1. The number of pyridine rings is 1. The number of hydrogen-bond acceptors (Lipinski definition) is 4. The fraction of sp³-hybridized carbons (Fsp3) is 0. The summed E-state index contributed by atoms with van der Waals surface area (Å²) in [6, 6.07) is 17.9. The van der Waals surface area contributed by atoms with Gasteiger partial charge in [-0.3, -0.25) is 4.98 Å². The third-order valence-corrected chi connectivity index (χ3v) is 3.59. The molecule has 2 amide bonds. The second-order valence-electron chi connectivity index (χ2n) is 5.39. The van der Waals surface area contributed by atoms with Crippen molar-refractivity contribution in [2.75, 3.05) is 10.6 Å². The van der Waals surface area contributed by atoms with E-state index < -0.39 is 0 Å². The van der Waals surface area contributed by atoms with Gasteiger partial charge in [0.2, 0.25) is 5.89 Å². The fourth-order valence-electron chi connectivity index (χ4n) is 2.43. The van der Waals surface area contributed by atoms with Crippen molar-refractivity contribution in [2.45, 2.75) is 0 Å². The first-order valence-corrected chi connectivity index (χ1v) is 7.72. The van der Waals surface area contributed by atoms with Crippen molar-refractivity contribution in [3.8, 4) is 11.5 Å². The predicted molar refractivity (Wildman–Crippen MR) is 96.3 cm³/mol. The topological polar surface area (TPSA) is 80.0 Å². The minimum Gasteiger partial charge on any atom is -0.436 e. The first-order valence-electron chi connectivity index (χ1n) is 7.72. The summed E-state index contributed by atoms with van der Waals surface area (Å²) in [6.07, 6.45) is 3.39. The lowest BCUT2D eigenvalue weighted by atomic mass is 10.3. The number of fused-ring (bicyclic) bond motifs is 1. The summed E-state index contributed by atoms with van der Waals surface area (Å²) in [5.74, 6) is 0.494. The van der Waals surface area contributed by atoms with Crippen LogP contribution in [0.25, 0.3) is 22.6 Å². The Morgan fingerprint density at radius 1 is 0.920 bits per heavy atom. The summed E-state index contributed by atoms with van der Waals surface area (Å²) in [6.45, 7) is 0. The van der Waals surface area contributed by atoms with Crippen molar-refractivity contribution in [2.24, 2.45) is 0 Å². The first kappa shape index (κ1) is 14.9. The number of para-hydroxylation sites is 1. The number of amides is 2. The molecule has 2 N–H and O–H groups in total. The quantitative estimate of drug-likeness (QED) is 0.578. The number of aromatic nitrogens is 2. The Hall–Kier alpha value is -3.67. The highest BCUT2D eigenvalue weighted by Crippen LogP contribution is 2.25. The molecular formula is C19H14N4O2. The molecule has 2 aromatic heterocycles. The molecule has 2 heterocycles. The van der Waals surface area contributed by atoms with Gasteiger partial charge in [-0.05, 0) is 42.5 Å². The van der Waals surface area contributed by atoms with Gasteiger partial charge in [-0.15, -0.1) is 0 Å². The number of nitrogens with one attached hydrogen (secondary N) is 2. The number of anilines is 2. The monoisotopic (exact) mass is 330 g/mol. The van der Waals surface area contributed by atoms with Gasteiger partial charge >= 0.3 is 6.03 Å². The fourth-order valence-corrected chi connectivity index (χ4v) is 2.43. The van der Waals surface area contributed by atoms with Crippen LogP contribution < -0.4 is 10.6 Å². The molecule has 0 aliphatic carbocycles. The van der Waals surface area contributed by atoms with Gasteiger partial charge in [0.05, 0.1) is 5.56 Å². The average Bonchev–Trinajstić information content (AvgIpc) is 3.06. The Labute approximate surface area is 143 Å². The molecule has 6 nitrogen and oxygen atoms in total. The van der Waals surface area contributed by atoms with Crippen LogP contribution in [0.1, 0.15) is 0 Å². The van der Waals surface area contributed by atoms with E-state index in [1.807, 2.05) is 42.5 Å². The predicted octanol–water partition coefficient (Wildman–Crippen LogP) is 4.53. The van der Waals surface area contributed by atoms with E-state index >= 15 is 0 Å². The summed E-state index contributed by atoms with van der Waals surface area (Å²) in [5.41, 5.74) is 3.47. The zero-order valence-electron chi connectivity index (χ0n) is 13.1. The average molecular weight is 330 g/mol. The number of nitrogens with zero attached hydrogens (tertiary/aromatic N) is 2. The molecule has 4 aromatic rings. The molecule has 0 fully saturated rings. The molecule has 0 saturated carbocycles. The largest absolute Gasteiger partial charge is 0.436 e. The van der Waals surface area contributed by atoms with E-state index in [4.69, 9.17) is 4.42 Å². The molecule has 25 heavy (non-hydrogen) atoms. The Morgan fingerprint density at radius 3 is 2.56 bits per heavy atom. The van der Waals surface area contributed by atoms with Crippen LogP contribution in [0.5, 0.6) is 0 Å². The molecule has 0 unspecified atom stereocenters. The van der Waals surface area contributed by atoms with Crippen LogP contribution >= 0.6 is 0 Å². The highest BCUT2D eigenvalue weighted by Gasteiger charge is 2.10. The van der Waals surface area contributed by atoms with E-state index in [-0.39, 0.29) is 6.03 Å². The van der Waals surface area contributed by atoms with Crippen LogP contribution in [0.3, 0.4) is 0 Å².